The Morgan fingerprint density at radius 2 is 1.74 bits per heavy atom. The van der Waals surface area contributed by atoms with E-state index in [9.17, 15) is 14.7 Å². The fourth-order valence-corrected chi connectivity index (χ4v) is 5.25. The first-order chi connectivity index (χ1) is 18.3. The van der Waals surface area contributed by atoms with Crippen molar-refractivity contribution in [2.75, 3.05) is 29.9 Å². The SMILES string of the molecule is CCNC(=O)Nc1nc2cc(-c3cnc(N4CCC(C)(C(=O)O)CC4)nc3)cc(-c3ncc(C)cn3)c2s1. The van der Waals surface area contributed by atoms with E-state index in [0.29, 0.717) is 54.9 Å². The number of amides is 2. The number of rotatable bonds is 6. The minimum Gasteiger partial charge on any atom is -0.481 e. The van der Waals surface area contributed by atoms with Crippen molar-refractivity contribution in [1.29, 1.82) is 0 Å². The summed E-state index contributed by atoms with van der Waals surface area (Å²) in [6, 6.07) is 3.60. The van der Waals surface area contributed by atoms with E-state index in [2.05, 4.69) is 35.6 Å². The average Bonchev–Trinajstić information content (AvgIpc) is 3.31. The quantitative estimate of drug-likeness (QED) is 0.330. The minimum absolute atomic E-state index is 0.315. The highest BCUT2D eigenvalue weighted by atomic mass is 32.1. The number of nitrogens with one attached hydrogen (secondary N) is 2. The topological polar surface area (TPSA) is 146 Å². The number of aromatic nitrogens is 5. The number of hydrogen-bond donors (Lipinski definition) is 3. The van der Waals surface area contributed by atoms with Crippen molar-refractivity contribution in [3.05, 3.63) is 42.5 Å². The van der Waals surface area contributed by atoms with Crippen LogP contribution in [0.4, 0.5) is 15.9 Å². The van der Waals surface area contributed by atoms with Crippen molar-refractivity contribution >= 4 is 44.6 Å². The Morgan fingerprint density at radius 3 is 2.37 bits per heavy atom. The van der Waals surface area contributed by atoms with Gasteiger partial charge in [0, 0.05) is 55.5 Å². The standard InChI is InChI=1S/C26H28N8O3S/c1-4-27-24(37)33-25-32-19-10-16(9-18(20(19)38-25)21-28-11-15(2)12-29-21)17-13-30-23(31-14-17)34-7-5-26(3,6-8-34)22(35)36/h9-14H,4-8H2,1-3H3,(H,35,36)(H2,27,32,33,37). The second-order valence-corrected chi connectivity index (χ2v) is 10.6. The van der Waals surface area contributed by atoms with E-state index in [1.165, 1.54) is 11.3 Å². The van der Waals surface area contributed by atoms with Crippen LogP contribution in [-0.2, 0) is 4.79 Å². The summed E-state index contributed by atoms with van der Waals surface area (Å²) in [6.45, 7) is 7.25. The lowest BCUT2D eigenvalue weighted by Crippen LogP contribution is -2.43. The maximum Gasteiger partial charge on any atom is 0.321 e. The van der Waals surface area contributed by atoms with Gasteiger partial charge in [0.15, 0.2) is 11.0 Å². The summed E-state index contributed by atoms with van der Waals surface area (Å²) in [6.07, 6.45) is 8.13. The highest BCUT2D eigenvalue weighted by Gasteiger charge is 2.37. The molecule has 0 radical (unpaired) electrons. The van der Waals surface area contributed by atoms with Gasteiger partial charge in [0.1, 0.15) is 0 Å². The number of aryl methyl sites for hydroxylation is 1. The molecule has 2 amide bonds. The van der Waals surface area contributed by atoms with Crippen LogP contribution in [0.15, 0.2) is 36.9 Å². The van der Waals surface area contributed by atoms with E-state index in [0.717, 1.165) is 27.0 Å². The van der Waals surface area contributed by atoms with E-state index in [4.69, 9.17) is 0 Å². The zero-order valence-corrected chi connectivity index (χ0v) is 22.2. The molecule has 0 bridgehead atoms. The van der Waals surface area contributed by atoms with E-state index in [-0.39, 0.29) is 6.03 Å². The molecule has 4 heterocycles. The number of benzene rings is 1. The number of fused-ring (bicyclic) bond motifs is 1. The number of carboxylic acid groups (broad SMARTS) is 1. The molecule has 1 aromatic carbocycles. The van der Waals surface area contributed by atoms with Gasteiger partial charge in [-0.15, -0.1) is 0 Å². The first-order valence-electron chi connectivity index (χ1n) is 12.3. The van der Waals surface area contributed by atoms with Gasteiger partial charge in [0.2, 0.25) is 5.95 Å². The Labute approximate surface area is 223 Å². The molecule has 0 unspecified atom stereocenters. The zero-order chi connectivity index (χ0) is 26.9. The third-order valence-electron chi connectivity index (χ3n) is 6.71. The highest BCUT2D eigenvalue weighted by molar-refractivity contribution is 7.22. The molecule has 1 fully saturated rings. The number of nitrogens with zero attached hydrogens (tertiary/aromatic N) is 6. The summed E-state index contributed by atoms with van der Waals surface area (Å²) >= 11 is 1.36. The summed E-state index contributed by atoms with van der Waals surface area (Å²) in [4.78, 5) is 48.5. The monoisotopic (exact) mass is 532 g/mol. The Morgan fingerprint density at radius 1 is 1.05 bits per heavy atom. The number of carboxylic acids is 1. The van der Waals surface area contributed by atoms with E-state index < -0.39 is 11.4 Å². The molecular weight excluding hydrogens is 504 g/mol. The summed E-state index contributed by atoms with van der Waals surface area (Å²) in [5.74, 6) is 0.373. The van der Waals surface area contributed by atoms with Gasteiger partial charge in [-0.25, -0.2) is 29.7 Å². The van der Waals surface area contributed by atoms with Crippen molar-refractivity contribution in [2.45, 2.75) is 33.6 Å². The molecule has 1 saturated heterocycles. The number of anilines is 2. The van der Waals surface area contributed by atoms with E-state index in [1.807, 2.05) is 30.9 Å². The van der Waals surface area contributed by atoms with Crippen LogP contribution in [-0.4, -0.2) is 61.7 Å². The zero-order valence-electron chi connectivity index (χ0n) is 21.4. The maximum absolute atomic E-state index is 12.1. The molecule has 1 aliphatic heterocycles. The van der Waals surface area contributed by atoms with Gasteiger partial charge in [0.05, 0.1) is 15.6 Å². The van der Waals surface area contributed by atoms with Crippen LogP contribution in [0.3, 0.4) is 0 Å². The summed E-state index contributed by atoms with van der Waals surface area (Å²) in [5.41, 5.74) is 3.38. The number of urea groups is 1. The average molecular weight is 533 g/mol. The fraction of sp³-hybridized carbons (Fsp3) is 0.346. The Balaban J connectivity index is 1.47. The Bertz CT molecular complexity index is 1480. The molecule has 0 spiro atoms. The molecule has 11 nitrogen and oxygen atoms in total. The molecule has 4 aromatic rings. The molecule has 5 rings (SSSR count). The van der Waals surface area contributed by atoms with Crippen LogP contribution >= 0.6 is 11.3 Å². The number of piperidine rings is 1. The van der Waals surface area contributed by atoms with Crippen LogP contribution in [0.5, 0.6) is 0 Å². The van der Waals surface area contributed by atoms with Gasteiger partial charge in [-0.2, -0.15) is 0 Å². The number of aliphatic carboxylic acids is 1. The molecule has 0 atom stereocenters. The van der Waals surface area contributed by atoms with Crippen molar-refractivity contribution in [1.82, 2.24) is 30.2 Å². The van der Waals surface area contributed by atoms with Crippen LogP contribution in [0, 0.1) is 12.3 Å². The van der Waals surface area contributed by atoms with Crippen LogP contribution < -0.4 is 15.5 Å². The van der Waals surface area contributed by atoms with Gasteiger partial charge in [-0.1, -0.05) is 11.3 Å². The second-order valence-electron chi connectivity index (χ2n) is 9.58. The van der Waals surface area contributed by atoms with Crippen LogP contribution in [0.1, 0.15) is 32.3 Å². The molecule has 1 aliphatic rings. The normalized spacial score (nSPS) is 14.9. The molecule has 3 N–H and O–H groups in total. The minimum atomic E-state index is -0.761. The van der Waals surface area contributed by atoms with E-state index in [1.54, 1.807) is 31.7 Å². The van der Waals surface area contributed by atoms with E-state index >= 15 is 0 Å². The van der Waals surface area contributed by atoms with Crippen molar-refractivity contribution in [2.24, 2.45) is 5.41 Å². The van der Waals surface area contributed by atoms with Gasteiger partial charge in [-0.05, 0) is 56.9 Å². The van der Waals surface area contributed by atoms with Crippen molar-refractivity contribution in [3.8, 4) is 22.5 Å². The first-order valence-corrected chi connectivity index (χ1v) is 13.2. The van der Waals surface area contributed by atoms with Gasteiger partial charge >= 0.3 is 12.0 Å². The Kier molecular flexibility index (Phi) is 6.89. The predicted octanol–water partition coefficient (Wildman–Crippen LogP) is 4.35. The smallest absolute Gasteiger partial charge is 0.321 e. The van der Waals surface area contributed by atoms with Crippen LogP contribution in [0.25, 0.3) is 32.7 Å². The van der Waals surface area contributed by atoms with Gasteiger partial charge < -0.3 is 15.3 Å². The Hall–Kier alpha value is -4.19. The lowest BCUT2D eigenvalue weighted by molar-refractivity contribution is -0.149. The number of carbonyl (C=O) groups excluding carboxylic acids is 1. The predicted molar refractivity (Wildman–Crippen MR) is 146 cm³/mol. The van der Waals surface area contributed by atoms with Gasteiger partial charge in [0.25, 0.3) is 0 Å². The molecule has 0 saturated carbocycles. The first kappa shape index (κ1) is 25.5. The molecular formula is C26H28N8O3S. The summed E-state index contributed by atoms with van der Waals surface area (Å²) in [5, 5.41) is 15.5. The van der Waals surface area contributed by atoms with Gasteiger partial charge in [-0.3, -0.25) is 10.1 Å². The molecule has 12 heteroatoms. The van der Waals surface area contributed by atoms with Crippen molar-refractivity contribution in [3.63, 3.8) is 0 Å². The molecule has 196 valence electrons. The lowest BCUT2D eigenvalue weighted by Gasteiger charge is -2.36. The highest BCUT2D eigenvalue weighted by Crippen LogP contribution is 2.38. The third kappa shape index (κ3) is 5.12. The van der Waals surface area contributed by atoms with Crippen LogP contribution in [0.2, 0.25) is 0 Å². The largest absolute Gasteiger partial charge is 0.481 e. The maximum atomic E-state index is 12.1. The summed E-state index contributed by atoms with van der Waals surface area (Å²) in [7, 11) is 0. The van der Waals surface area contributed by atoms with Crippen molar-refractivity contribution < 1.29 is 14.7 Å². The number of carbonyl (C=O) groups is 2. The molecule has 3 aromatic heterocycles. The third-order valence-corrected chi connectivity index (χ3v) is 7.73. The lowest BCUT2D eigenvalue weighted by atomic mass is 9.80. The number of hydrogen-bond acceptors (Lipinski definition) is 9. The second kappa shape index (κ2) is 10.3. The number of thiazole rings is 1. The molecule has 0 aliphatic carbocycles. The fourth-order valence-electron chi connectivity index (χ4n) is 4.30. The molecule has 38 heavy (non-hydrogen) atoms. The summed E-state index contributed by atoms with van der Waals surface area (Å²) < 4.78 is 0.858.